The molecule has 2 fully saturated rings. The number of hydrogen-bond donors (Lipinski definition) is 7. The smallest absolute Gasteiger partial charge is 0.305 e. The number of esters is 1. The van der Waals surface area contributed by atoms with Crippen molar-refractivity contribution in [3.63, 3.8) is 0 Å². The molecule has 2 aliphatic heterocycles. The third-order valence-electron chi connectivity index (χ3n) is 7.78. The Balaban J connectivity index is 1.65. The predicted octanol–water partition coefficient (Wildman–Crippen LogP) is 0.637. The summed E-state index contributed by atoms with van der Waals surface area (Å²) in [6.45, 7) is 0.129. The Hall–Kier alpha value is -0.930. The number of carbonyl (C=O) groups is 1. The van der Waals surface area contributed by atoms with Crippen LogP contribution in [0, 0.1) is 0 Å². The molecule has 2 heterocycles. The van der Waals surface area contributed by atoms with Gasteiger partial charge >= 0.3 is 5.97 Å². The summed E-state index contributed by atoms with van der Waals surface area (Å²) < 4.78 is 21.4. The van der Waals surface area contributed by atoms with Crippen LogP contribution >= 0.6 is 0 Å². The van der Waals surface area contributed by atoms with Crippen molar-refractivity contribution in [2.24, 2.45) is 0 Å². The van der Waals surface area contributed by atoms with Gasteiger partial charge in [-0.15, -0.1) is 0 Å². The van der Waals surface area contributed by atoms with E-state index < -0.39 is 80.6 Å². The first-order chi connectivity index (χ1) is 19.2. The Bertz CT molecular complexity index is 694. The molecule has 7 N–H and O–H groups in total. The fourth-order valence-electron chi connectivity index (χ4n) is 5.15. The number of rotatable bonds is 20. The lowest BCUT2D eigenvalue weighted by Gasteiger charge is -2.43. The molecule has 0 aromatic carbocycles. The summed E-state index contributed by atoms with van der Waals surface area (Å²) >= 11 is 0. The zero-order chi connectivity index (χ0) is 29.5. The number of aliphatic hydroxyl groups is 7. The molecule has 0 saturated carbocycles. The standard InChI is InChI=1S/C28H52O12/c1-2-3-4-5-6-7-8-9-10-11-12-13-14-15-21(31)37-17-20-23(33)26(36)28(18-30,39-20)40-27-25(35)24(34)22(32)19(16-29)38-27/h19-20,22-27,29-30,32-36H,2-18H2,1H3/t19-,20-,22-,23-,24+,25-,26+,27-,28+/m1/s1. The number of aliphatic hydroxyl groups excluding tert-OH is 7. The van der Waals surface area contributed by atoms with Crippen LogP contribution in [-0.2, 0) is 23.7 Å². The highest BCUT2D eigenvalue weighted by Crippen LogP contribution is 2.36. The average molecular weight is 581 g/mol. The molecule has 0 bridgehead atoms. The van der Waals surface area contributed by atoms with Crippen LogP contribution in [0.25, 0.3) is 0 Å². The van der Waals surface area contributed by atoms with E-state index >= 15 is 0 Å². The zero-order valence-electron chi connectivity index (χ0n) is 23.8. The predicted molar refractivity (Wildman–Crippen MR) is 143 cm³/mol. The minimum absolute atomic E-state index is 0.204. The van der Waals surface area contributed by atoms with Gasteiger partial charge in [-0.05, 0) is 6.42 Å². The molecular weight excluding hydrogens is 528 g/mol. The van der Waals surface area contributed by atoms with E-state index in [0.29, 0.717) is 6.42 Å². The van der Waals surface area contributed by atoms with E-state index in [1.807, 2.05) is 0 Å². The molecule has 9 atom stereocenters. The molecule has 2 aliphatic rings. The van der Waals surface area contributed by atoms with Gasteiger partial charge in [0.2, 0.25) is 5.79 Å². The van der Waals surface area contributed by atoms with Crippen molar-refractivity contribution in [2.45, 2.75) is 152 Å². The topological polar surface area (TPSA) is 196 Å². The fourth-order valence-corrected chi connectivity index (χ4v) is 5.15. The first kappa shape index (κ1) is 35.3. The number of unbranched alkanes of at least 4 members (excludes halogenated alkanes) is 12. The molecule has 12 nitrogen and oxygen atoms in total. The van der Waals surface area contributed by atoms with Gasteiger partial charge < -0.3 is 54.7 Å². The van der Waals surface area contributed by atoms with Gasteiger partial charge in [-0.25, -0.2) is 0 Å². The van der Waals surface area contributed by atoms with Crippen LogP contribution in [0.5, 0.6) is 0 Å². The third-order valence-corrected chi connectivity index (χ3v) is 7.78. The first-order valence-electron chi connectivity index (χ1n) is 15.0. The van der Waals surface area contributed by atoms with Gasteiger partial charge in [0.15, 0.2) is 6.29 Å². The molecule has 0 aromatic rings. The van der Waals surface area contributed by atoms with Gasteiger partial charge in [0.25, 0.3) is 0 Å². The van der Waals surface area contributed by atoms with Crippen molar-refractivity contribution in [2.75, 3.05) is 19.8 Å². The molecule has 0 radical (unpaired) electrons. The van der Waals surface area contributed by atoms with Crippen LogP contribution in [0.3, 0.4) is 0 Å². The van der Waals surface area contributed by atoms with Crippen LogP contribution in [0.1, 0.15) is 96.8 Å². The second-order valence-corrected chi connectivity index (χ2v) is 11.1. The number of carbonyl (C=O) groups excluding carboxylic acids is 1. The van der Waals surface area contributed by atoms with Crippen LogP contribution < -0.4 is 0 Å². The summed E-state index contributed by atoms with van der Waals surface area (Å²) in [5, 5.41) is 70.3. The molecule has 0 aliphatic carbocycles. The SMILES string of the molecule is CCCCCCCCCCCCCCCC(=O)OC[C@H]1O[C@@](CO)(O[C@H]2O[C@H](CO)[C@@H](O)[C@H](O)[C@H]2O)[C@@H](O)[C@@H]1O. The summed E-state index contributed by atoms with van der Waals surface area (Å²) in [5.74, 6) is -2.76. The van der Waals surface area contributed by atoms with Crippen LogP contribution in [0.4, 0.5) is 0 Å². The lowest BCUT2D eigenvalue weighted by atomic mass is 9.99. The largest absolute Gasteiger partial charge is 0.463 e. The molecule has 40 heavy (non-hydrogen) atoms. The minimum atomic E-state index is -2.28. The van der Waals surface area contributed by atoms with Gasteiger partial charge in [0, 0.05) is 6.42 Å². The molecule has 0 aromatic heterocycles. The van der Waals surface area contributed by atoms with Crippen molar-refractivity contribution in [1.82, 2.24) is 0 Å². The monoisotopic (exact) mass is 580 g/mol. The Morgan fingerprint density at radius 2 is 1.27 bits per heavy atom. The summed E-state index contributed by atoms with van der Waals surface area (Å²) in [6.07, 6.45) is 2.77. The van der Waals surface area contributed by atoms with E-state index in [1.54, 1.807) is 0 Å². The van der Waals surface area contributed by atoms with Crippen LogP contribution in [0.15, 0.2) is 0 Å². The first-order valence-corrected chi connectivity index (χ1v) is 15.0. The molecule has 2 rings (SSSR count). The van der Waals surface area contributed by atoms with Crippen molar-refractivity contribution in [1.29, 1.82) is 0 Å². The number of ether oxygens (including phenoxy) is 4. The maximum atomic E-state index is 12.2. The van der Waals surface area contributed by atoms with Crippen LogP contribution in [0.2, 0.25) is 0 Å². The van der Waals surface area contributed by atoms with E-state index in [4.69, 9.17) is 18.9 Å². The van der Waals surface area contributed by atoms with Gasteiger partial charge in [-0.3, -0.25) is 4.79 Å². The summed E-state index contributed by atoms with van der Waals surface area (Å²) in [5.41, 5.74) is 0. The molecule has 0 spiro atoms. The van der Waals surface area contributed by atoms with E-state index in [0.717, 1.165) is 19.3 Å². The second-order valence-electron chi connectivity index (χ2n) is 11.1. The zero-order valence-corrected chi connectivity index (χ0v) is 23.8. The molecule has 236 valence electrons. The molecular formula is C28H52O12. The normalized spacial score (nSPS) is 34.3. The Morgan fingerprint density at radius 3 is 1.80 bits per heavy atom. The Labute approximate surface area is 237 Å². The Morgan fingerprint density at radius 1 is 0.725 bits per heavy atom. The highest BCUT2D eigenvalue weighted by atomic mass is 16.8. The third kappa shape index (κ3) is 10.4. The van der Waals surface area contributed by atoms with Crippen molar-refractivity contribution < 1.29 is 59.5 Å². The highest BCUT2D eigenvalue weighted by molar-refractivity contribution is 5.69. The van der Waals surface area contributed by atoms with E-state index in [2.05, 4.69) is 6.92 Å². The van der Waals surface area contributed by atoms with Crippen LogP contribution in [-0.4, -0.2) is 116 Å². The number of hydrogen-bond acceptors (Lipinski definition) is 12. The summed E-state index contributed by atoms with van der Waals surface area (Å²) in [7, 11) is 0. The molecule has 0 amide bonds. The second kappa shape index (κ2) is 18.6. The molecule has 2 saturated heterocycles. The maximum absolute atomic E-state index is 12.2. The fraction of sp³-hybridized carbons (Fsp3) is 0.964. The van der Waals surface area contributed by atoms with Gasteiger partial charge in [0.05, 0.1) is 6.61 Å². The van der Waals surface area contributed by atoms with E-state index in [-0.39, 0.29) is 6.42 Å². The van der Waals surface area contributed by atoms with E-state index in [1.165, 1.54) is 57.8 Å². The quantitative estimate of drug-likeness (QED) is 0.0785. The van der Waals surface area contributed by atoms with Gasteiger partial charge in [0.1, 0.15) is 55.9 Å². The van der Waals surface area contributed by atoms with Gasteiger partial charge in [-0.1, -0.05) is 84.0 Å². The lowest BCUT2D eigenvalue weighted by Crippen LogP contribution is -2.62. The lowest BCUT2D eigenvalue weighted by molar-refractivity contribution is -0.383. The van der Waals surface area contributed by atoms with Crippen molar-refractivity contribution in [3.8, 4) is 0 Å². The summed E-state index contributed by atoms with van der Waals surface area (Å²) in [4.78, 5) is 12.2. The van der Waals surface area contributed by atoms with Crippen molar-refractivity contribution in [3.05, 3.63) is 0 Å². The van der Waals surface area contributed by atoms with Crippen molar-refractivity contribution >= 4 is 5.97 Å². The van der Waals surface area contributed by atoms with Gasteiger partial charge in [-0.2, -0.15) is 0 Å². The minimum Gasteiger partial charge on any atom is -0.463 e. The van der Waals surface area contributed by atoms with E-state index in [9.17, 15) is 40.5 Å². The molecule has 0 unspecified atom stereocenters. The molecule has 12 heteroatoms. The Kier molecular flexibility index (Phi) is 16.4. The highest BCUT2D eigenvalue weighted by Gasteiger charge is 2.58. The summed E-state index contributed by atoms with van der Waals surface area (Å²) in [6, 6.07) is 0. The maximum Gasteiger partial charge on any atom is 0.305 e. The average Bonchev–Trinajstić information content (AvgIpc) is 3.19.